The molecule has 1 heterocycles. The quantitative estimate of drug-likeness (QED) is 0.606. The molecular weight excluding hydrogens is 364 g/mol. The zero-order valence-electron chi connectivity index (χ0n) is 15.5. The predicted molar refractivity (Wildman–Crippen MR) is 101 cm³/mol. The van der Waals surface area contributed by atoms with Crippen molar-refractivity contribution < 1.29 is 28.2 Å². The first-order valence-corrected chi connectivity index (χ1v) is 8.48. The van der Waals surface area contributed by atoms with Crippen LogP contribution in [0.1, 0.15) is 5.56 Å². The maximum Gasteiger partial charge on any atom is 0.276 e. The first-order valence-electron chi connectivity index (χ1n) is 8.48. The summed E-state index contributed by atoms with van der Waals surface area (Å²) in [5.74, 6) is 0.736. The molecule has 146 valence electrons. The summed E-state index contributed by atoms with van der Waals surface area (Å²) in [5.41, 5.74) is 6.00. The Labute approximate surface area is 161 Å². The second-order valence-corrected chi connectivity index (χ2v) is 5.84. The van der Waals surface area contributed by atoms with E-state index in [9.17, 15) is 9.59 Å². The van der Waals surface area contributed by atoms with E-state index in [-0.39, 0.29) is 18.9 Å². The lowest BCUT2D eigenvalue weighted by molar-refractivity contribution is -0.129. The molecule has 0 bridgehead atoms. The third kappa shape index (κ3) is 4.53. The van der Waals surface area contributed by atoms with Gasteiger partial charge in [-0.05, 0) is 24.3 Å². The maximum absolute atomic E-state index is 12.1. The van der Waals surface area contributed by atoms with E-state index in [1.807, 2.05) is 6.07 Å². The SMILES string of the molecule is COc1ccc2c(CC(=O)NNC(=O)COc3ccccc3OC)coc2c1. The largest absolute Gasteiger partial charge is 0.497 e. The van der Waals surface area contributed by atoms with Gasteiger partial charge in [0.15, 0.2) is 18.1 Å². The van der Waals surface area contributed by atoms with Gasteiger partial charge in [0.25, 0.3) is 5.91 Å². The second kappa shape index (κ2) is 8.81. The number of nitrogens with one attached hydrogen (secondary N) is 2. The molecule has 0 fully saturated rings. The maximum atomic E-state index is 12.1. The van der Waals surface area contributed by atoms with Gasteiger partial charge in [-0.25, -0.2) is 0 Å². The zero-order chi connectivity index (χ0) is 19.9. The van der Waals surface area contributed by atoms with Crippen LogP contribution in [-0.4, -0.2) is 32.6 Å². The Balaban J connectivity index is 1.49. The molecule has 3 aromatic rings. The number of fused-ring (bicyclic) bond motifs is 1. The molecule has 3 rings (SSSR count). The number of methoxy groups -OCH3 is 2. The van der Waals surface area contributed by atoms with Crippen LogP contribution in [0.4, 0.5) is 0 Å². The Morgan fingerprint density at radius 3 is 2.46 bits per heavy atom. The van der Waals surface area contributed by atoms with E-state index in [4.69, 9.17) is 18.6 Å². The van der Waals surface area contributed by atoms with Crippen LogP contribution in [0.25, 0.3) is 11.0 Å². The molecule has 2 amide bonds. The highest BCUT2D eigenvalue weighted by Gasteiger charge is 2.12. The lowest BCUT2D eigenvalue weighted by Gasteiger charge is -2.11. The van der Waals surface area contributed by atoms with Crippen molar-refractivity contribution in [3.8, 4) is 17.2 Å². The van der Waals surface area contributed by atoms with Crippen LogP contribution >= 0.6 is 0 Å². The van der Waals surface area contributed by atoms with Gasteiger partial charge < -0.3 is 18.6 Å². The highest BCUT2D eigenvalue weighted by atomic mass is 16.5. The average Bonchev–Trinajstić information content (AvgIpc) is 3.12. The molecule has 0 aliphatic carbocycles. The lowest BCUT2D eigenvalue weighted by atomic mass is 10.1. The smallest absolute Gasteiger partial charge is 0.276 e. The summed E-state index contributed by atoms with van der Waals surface area (Å²) in [4.78, 5) is 24.0. The number of rotatable bonds is 7. The fraction of sp³-hybridized carbons (Fsp3) is 0.200. The normalized spacial score (nSPS) is 10.4. The van der Waals surface area contributed by atoms with E-state index < -0.39 is 5.91 Å². The van der Waals surface area contributed by atoms with Gasteiger partial charge in [0.1, 0.15) is 11.3 Å². The van der Waals surface area contributed by atoms with E-state index in [1.165, 1.54) is 13.4 Å². The molecule has 0 spiro atoms. The molecule has 2 N–H and O–H groups in total. The molecule has 8 nitrogen and oxygen atoms in total. The number of ether oxygens (including phenoxy) is 3. The molecular formula is C20H20N2O6. The molecule has 0 radical (unpaired) electrons. The van der Waals surface area contributed by atoms with Crippen LogP contribution in [0.15, 0.2) is 53.1 Å². The number of benzene rings is 2. The molecule has 28 heavy (non-hydrogen) atoms. The van der Waals surface area contributed by atoms with Crippen molar-refractivity contribution >= 4 is 22.8 Å². The zero-order valence-corrected chi connectivity index (χ0v) is 15.5. The van der Waals surface area contributed by atoms with Crippen molar-refractivity contribution in [1.29, 1.82) is 0 Å². The van der Waals surface area contributed by atoms with Gasteiger partial charge in [-0.3, -0.25) is 20.4 Å². The van der Waals surface area contributed by atoms with Gasteiger partial charge in [-0.15, -0.1) is 0 Å². The van der Waals surface area contributed by atoms with Crippen LogP contribution in [0.5, 0.6) is 17.2 Å². The van der Waals surface area contributed by atoms with Gasteiger partial charge in [0.2, 0.25) is 5.91 Å². The number of carbonyl (C=O) groups excluding carboxylic acids is 2. The first kappa shape index (κ1) is 19.1. The van der Waals surface area contributed by atoms with Crippen molar-refractivity contribution in [2.24, 2.45) is 0 Å². The lowest BCUT2D eigenvalue weighted by Crippen LogP contribution is -2.44. The number of amides is 2. The number of furan rings is 1. The predicted octanol–water partition coefficient (Wildman–Crippen LogP) is 2.22. The van der Waals surface area contributed by atoms with Crippen LogP contribution in [-0.2, 0) is 16.0 Å². The Morgan fingerprint density at radius 1 is 0.964 bits per heavy atom. The third-order valence-corrected chi connectivity index (χ3v) is 3.98. The minimum absolute atomic E-state index is 0.0486. The van der Waals surface area contributed by atoms with Crippen molar-refractivity contribution in [3.63, 3.8) is 0 Å². The second-order valence-electron chi connectivity index (χ2n) is 5.84. The minimum atomic E-state index is -0.499. The number of para-hydroxylation sites is 2. The molecule has 0 unspecified atom stereocenters. The van der Waals surface area contributed by atoms with Crippen molar-refractivity contribution in [2.45, 2.75) is 6.42 Å². The molecule has 1 aromatic heterocycles. The standard InChI is InChI=1S/C20H20N2O6/c1-25-14-7-8-15-13(11-27-18(15)10-14)9-19(23)21-22-20(24)12-28-17-6-4-3-5-16(17)26-2/h3-8,10-11H,9,12H2,1-2H3,(H,21,23)(H,22,24). The first-order chi connectivity index (χ1) is 13.6. The number of hydrazine groups is 1. The van der Waals surface area contributed by atoms with Crippen molar-refractivity contribution in [3.05, 3.63) is 54.3 Å². The van der Waals surface area contributed by atoms with Gasteiger partial charge in [-0.1, -0.05) is 12.1 Å². The van der Waals surface area contributed by atoms with E-state index in [1.54, 1.807) is 43.5 Å². The molecule has 0 saturated heterocycles. The van der Waals surface area contributed by atoms with Crippen LogP contribution in [0, 0.1) is 0 Å². The fourth-order valence-electron chi connectivity index (χ4n) is 2.60. The van der Waals surface area contributed by atoms with Crippen LogP contribution < -0.4 is 25.1 Å². The molecule has 2 aromatic carbocycles. The molecule has 0 aliphatic heterocycles. The fourth-order valence-corrected chi connectivity index (χ4v) is 2.60. The van der Waals surface area contributed by atoms with Gasteiger partial charge in [0.05, 0.1) is 26.9 Å². The number of carbonyl (C=O) groups is 2. The van der Waals surface area contributed by atoms with E-state index >= 15 is 0 Å². The summed E-state index contributed by atoms with van der Waals surface area (Å²) < 4.78 is 21.1. The van der Waals surface area contributed by atoms with E-state index in [0.717, 1.165) is 5.39 Å². The Hall–Kier alpha value is -3.68. The summed E-state index contributed by atoms with van der Waals surface area (Å²) in [6.07, 6.45) is 1.56. The van der Waals surface area contributed by atoms with Crippen LogP contribution in [0.3, 0.4) is 0 Å². The highest BCUT2D eigenvalue weighted by Crippen LogP contribution is 2.26. The Morgan fingerprint density at radius 2 is 1.71 bits per heavy atom. The highest BCUT2D eigenvalue weighted by molar-refractivity contribution is 5.89. The monoisotopic (exact) mass is 384 g/mol. The molecule has 0 atom stereocenters. The molecule has 0 aliphatic rings. The summed E-state index contributed by atoms with van der Waals surface area (Å²) >= 11 is 0. The number of hydrogen-bond acceptors (Lipinski definition) is 6. The summed E-state index contributed by atoms with van der Waals surface area (Å²) in [7, 11) is 3.08. The van der Waals surface area contributed by atoms with Crippen molar-refractivity contribution in [1.82, 2.24) is 10.9 Å². The minimum Gasteiger partial charge on any atom is -0.497 e. The average molecular weight is 384 g/mol. The third-order valence-electron chi connectivity index (χ3n) is 3.98. The van der Waals surface area contributed by atoms with Crippen LogP contribution in [0.2, 0.25) is 0 Å². The topological polar surface area (TPSA) is 99.0 Å². The summed E-state index contributed by atoms with van der Waals surface area (Å²) in [6.45, 7) is -0.269. The van der Waals surface area contributed by atoms with Gasteiger partial charge >= 0.3 is 0 Å². The molecule has 0 saturated carbocycles. The summed E-state index contributed by atoms with van der Waals surface area (Å²) in [6, 6.07) is 12.3. The van der Waals surface area contributed by atoms with Gasteiger partial charge in [0, 0.05) is 17.0 Å². The van der Waals surface area contributed by atoms with E-state index in [0.29, 0.717) is 28.4 Å². The molecule has 8 heteroatoms. The van der Waals surface area contributed by atoms with Gasteiger partial charge in [-0.2, -0.15) is 0 Å². The van der Waals surface area contributed by atoms with Crippen molar-refractivity contribution in [2.75, 3.05) is 20.8 Å². The Bertz CT molecular complexity index is 982. The summed E-state index contributed by atoms with van der Waals surface area (Å²) in [5, 5.41) is 0.807. The number of hydrogen-bond donors (Lipinski definition) is 2. The Kier molecular flexibility index (Phi) is 6.01. The van der Waals surface area contributed by atoms with E-state index in [2.05, 4.69) is 10.9 Å².